The van der Waals surface area contributed by atoms with Crippen LogP contribution in [0.4, 0.5) is 5.69 Å². The Balaban J connectivity index is 1.84. The summed E-state index contributed by atoms with van der Waals surface area (Å²) in [5.41, 5.74) is 4.61. The summed E-state index contributed by atoms with van der Waals surface area (Å²) >= 11 is 5.86. The van der Waals surface area contributed by atoms with Crippen molar-refractivity contribution in [1.29, 1.82) is 0 Å². The van der Waals surface area contributed by atoms with Crippen LogP contribution in [0.5, 0.6) is 5.75 Å². The number of nitrogens with one attached hydrogen (secondary N) is 1. The van der Waals surface area contributed by atoms with Crippen LogP contribution in [0.1, 0.15) is 23.6 Å². The third-order valence-corrected chi connectivity index (χ3v) is 3.76. The minimum absolute atomic E-state index is 0.0778. The summed E-state index contributed by atoms with van der Waals surface area (Å²) in [6.45, 7) is 0. The molecule has 112 valence electrons. The van der Waals surface area contributed by atoms with E-state index < -0.39 is 4.92 Å². The Hall–Kier alpha value is -2.60. The lowest BCUT2D eigenvalue weighted by atomic mass is 9.98. The summed E-state index contributed by atoms with van der Waals surface area (Å²) in [6.07, 6.45) is 0.484. The summed E-state index contributed by atoms with van der Waals surface area (Å²) in [7, 11) is 0. The first-order chi connectivity index (χ1) is 10.5. The molecule has 0 unspecified atom stereocenters. The fourth-order valence-electron chi connectivity index (χ4n) is 2.36. The Kier molecular flexibility index (Phi) is 3.68. The number of nitrogens with zero attached hydrogens (tertiary/aromatic N) is 2. The molecule has 1 aliphatic rings. The summed E-state index contributed by atoms with van der Waals surface area (Å²) in [5.74, 6) is -0.275. The fraction of sp³-hybridized carbons (Fsp3) is 0.133. The molecular weight excluding hydrogens is 306 g/mol. The number of hydrogen-bond donors (Lipinski definition) is 1. The highest BCUT2D eigenvalue weighted by molar-refractivity contribution is 6.30. The maximum atomic E-state index is 11.9. The largest absolute Gasteiger partial charge is 0.872 e. The molecule has 0 saturated heterocycles. The molecule has 7 heteroatoms. The van der Waals surface area contributed by atoms with Gasteiger partial charge in [0.2, 0.25) is 0 Å². The number of benzene rings is 2. The molecule has 6 nitrogen and oxygen atoms in total. The van der Waals surface area contributed by atoms with Gasteiger partial charge in [0, 0.05) is 23.6 Å². The monoisotopic (exact) mass is 316 g/mol. The van der Waals surface area contributed by atoms with Crippen molar-refractivity contribution in [2.45, 2.75) is 12.5 Å². The number of halogens is 1. The Labute approximate surface area is 131 Å². The van der Waals surface area contributed by atoms with Crippen LogP contribution in [0.15, 0.2) is 47.6 Å². The topological polar surface area (TPSA) is 90.6 Å². The van der Waals surface area contributed by atoms with Crippen LogP contribution in [0, 0.1) is 10.1 Å². The molecule has 0 bridgehead atoms. The van der Waals surface area contributed by atoms with Crippen molar-refractivity contribution >= 4 is 23.0 Å². The minimum Gasteiger partial charge on any atom is -0.872 e. The van der Waals surface area contributed by atoms with Crippen LogP contribution in [-0.4, -0.2) is 10.6 Å². The zero-order chi connectivity index (χ0) is 15.7. The summed E-state index contributed by atoms with van der Waals surface area (Å²) < 4.78 is 0. The van der Waals surface area contributed by atoms with Gasteiger partial charge in [0.05, 0.1) is 16.7 Å². The average molecular weight is 317 g/mol. The van der Waals surface area contributed by atoms with Gasteiger partial charge in [0.15, 0.2) is 0 Å². The standard InChI is InChI=1S/C15H12ClN3O3/c16-10-3-1-9(2-4-10)13-8-14(18-17-13)12-7-11(19(21)22)5-6-15(12)20/h1-7,13,17,20H,8H2/p-1/t13-/m0/s1. The van der Waals surface area contributed by atoms with Crippen molar-refractivity contribution in [3.05, 3.63) is 68.7 Å². The van der Waals surface area contributed by atoms with E-state index in [9.17, 15) is 15.2 Å². The summed E-state index contributed by atoms with van der Waals surface area (Å²) in [4.78, 5) is 10.3. The highest BCUT2D eigenvalue weighted by atomic mass is 35.5. The highest BCUT2D eigenvalue weighted by Gasteiger charge is 2.22. The van der Waals surface area contributed by atoms with Gasteiger partial charge in [-0.3, -0.25) is 10.1 Å². The number of hydrazone groups is 1. The Morgan fingerprint density at radius 1 is 1.23 bits per heavy atom. The molecule has 1 heterocycles. The SMILES string of the molecule is O=[N+]([O-])c1ccc([O-])c(C2=NN[C@H](c3ccc(Cl)cc3)C2)c1. The van der Waals surface area contributed by atoms with Crippen molar-refractivity contribution in [2.75, 3.05) is 0 Å². The third-order valence-electron chi connectivity index (χ3n) is 3.51. The maximum absolute atomic E-state index is 11.9. The molecule has 0 aromatic heterocycles. The number of rotatable bonds is 3. The van der Waals surface area contributed by atoms with E-state index in [1.54, 1.807) is 12.1 Å². The van der Waals surface area contributed by atoms with Crippen LogP contribution >= 0.6 is 11.6 Å². The van der Waals surface area contributed by atoms with Gasteiger partial charge in [-0.25, -0.2) is 0 Å². The molecule has 0 spiro atoms. The molecule has 1 atom stereocenters. The van der Waals surface area contributed by atoms with E-state index in [2.05, 4.69) is 10.5 Å². The van der Waals surface area contributed by atoms with Gasteiger partial charge in [-0.2, -0.15) is 5.10 Å². The molecule has 1 aliphatic heterocycles. The zero-order valence-electron chi connectivity index (χ0n) is 11.3. The zero-order valence-corrected chi connectivity index (χ0v) is 12.1. The third kappa shape index (κ3) is 2.73. The lowest BCUT2D eigenvalue weighted by molar-refractivity contribution is -0.385. The molecule has 2 aromatic rings. The molecule has 0 fully saturated rings. The molecule has 0 aliphatic carbocycles. The quantitative estimate of drug-likeness (QED) is 0.696. The fourth-order valence-corrected chi connectivity index (χ4v) is 2.48. The lowest BCUT2D eigenvalue weighted by Gasteiger charge is -2.13. The van der Waals surface area contributed by atoms with E-state index in [1.165, 1.54) is 18.2 Å². The first kappa shape index (κ1) is 14.3. The normalized spacial score (nSPS) is 17.0. The number of hydrogen-bond acceptors (Lipinski definition) is 5. The number of non-ortho nitro benzene ring substituents is 1. The molecule has 0 radical (unpaired) electrons. The minimum atomic E-state index is -0.525. The van der Waals surface area contributed by atoms with Crippen LogP contribution in [0.3, 0.4) is 0 Å². The van der Waals surface area contributed by atoms with E-state index in [-0.39, 0.29) is 23.0 Å². The average Bonchev–Trinajstić information content (AvgIpc) is 2.98. The van der Waals surface area contributed by atoms with Gasteiger partial charge in [0.1, 0.15) is 0 Å². The van der Waals surface area contributed by atoms with E-state index >= 15 is 0 Å². The Morgan fingerprint density at radius 2 is 1.95 bits per heavy atom. The Bertz CT molecular complexity index is 759. The molecule has 2 aromatic carbocycles. The lowest BCUT2D eigenvalue weighted by Crippen LogP contribution is -2.10. The Morgan fingerprint density at radius 3 is 2.64 bits per heavy atom. The first-order valence-corrected chi connectivity index (χ1v) is 6.96. The van der Waals surface area contributed by atoms with Crippen LogP contribution in [0.25, 0.3) is 0 Å². The smallest absolute Gasteiger partial charge is 0.270 e. The van der Waals surface area contributed by atoms with Crippen molar-refractivity contribution in [1.82, 2.24) is 5.43 Å². The highest BCUT2D eigenvalue weighted by Crippen LogP contribution is 2.29. The predicted octanol–water partition coefficient (Wildman–Crippen LogP) is 2.76. The first-order valence-electron chi connectivity index (χ1n) is 6.58. The van der Waals surface area contributed by atoms with E-state index in [0.717, 1.165) is 5.56 Å². The second-order valence-corrected chi connectivity index (χ2v) is 5.37. The van der Waals surface area contributed by atoms with E-state index in [0.29, 0.717) is 17.2 Å². The van der Waals surface area contributed by atoms with E-state index in [1.807, 2.05) is 12.1 Å². The number of nitro benzene ring substituents is 1. The maximum Gasteiger partial charge on any atom is 0.270 e. The van der Waals surface area contributed by atoms with Gasteiger partial charge < -0.3 is 10.5 Å². The molecule has 1 N–H and O–H groups in total. The second kappa shape index (κ2) is 5.65. The van der Waals surface area contributed by atoms with Gasteiger partial charge in [-0.05, 0) is 23.3 Å². The molecule has 3 rings (SSSR count). The molecule has 0 amide bonds. The van der Waals surface area contributed by atoms with Crippen molar-refractivity contribution in [2.24, 2.45) is 5.10 Å². The molecule has 22 heavy (non-hydrogen) atoms. The molecular formula is C15H11ClN3O3-. The molecule has 0 saturated carbocycles. The van der Waals surface area contributed by atoms with Crippen molar-refractivity contribution in [3.8, 4) is 5.75 Å². The van der Waals surface area contributed by atoms with Crippen LogP contribution in [-0.2, 0) is 0 Å². The van der Waals surface area contributed by atoms with Crippen molar-refractivity contribution < 1.29 is 10.0 Å². The number of nitro groups is 1. The summed E-state index contributed by atoms with van der Waals surface area (Å²) in [6, 6.07) is 10.9. The second-order valence-electron chi connectivity index (χ2n) is 4.93. The van der Waals surface area contributed by atoms with Gasteiger partial charge in [-0.15, -0.1) is 0 Å². The van der Waals surface area contributed by atoms with Gasteiger partial charge in [0.25, 0.3) is 5.69 Å². The predicted molar refractivity (Wildman–Crippen MR) is 81.0 cm³/mol. The van der Waals surface area contributed by atoms with Gasteiger partial charge in [-0.1, -0.05) is 35.5 Å². The van der Waals surface area contributed by atoms with Gasteiger partial charge >= 0.3 is 0 Å². The van der Waals surface area contributed by atoms with Crippen molar-refractivity contribution in [3.63, 3.8) is 0 Å². The summed E-state index contributed by atoms with van der Waals surface area (Å²) in [5, 5.41) is 27.6. The van der Waals surface area contributed by atoms with Crippen LogP contribution in [0.2, 0.25) is 5.02 Å². The van der Waals surface area contributed by atoms with E-state index in [4.69, 9.17) is 11.6 Å². The van der Waals surface area contributed by atoms with Crippen LogP contribution < -0.4 is 10.5 Å².